The number of carbonyl (C=O) groups excluding carboxylic acids is 1. The monoisotopic (exact) mass is 186 g/mol. The van der Waals surface area contributed by atoms with Crippen molar-refractivity contribution in [1.82, 2.24) is 0 Å². The number of ether oxygens (including phenoxy) is 2. The zero-order valence-corrected chi connectivity index (χ0v) is 8.41. The van der Waals surface area contributed by atoms with Crippen molar-refractivity contribution < 1.29 is 14.3 Å². The van der Waals surface area contributed by atoms with Crippen LogP contribution in [0, 0.1) is 5.92 Å². The van der Waals surface area contributed by atoms with Gasteiger partial charge in [0.2, 0.25) is 0 Å². The largest absolute Gasteiger partial charge is 0.469 e. The van der Waals surface area contributed by atoms with E-state index >= 15 is 0 Å². The van der Waals surface area contributed by atoms with Crippen LogP contribution in [0.5, 0.6) is 0 Å². The summed E-state index contributed by atoms with van der Waals surface area (Å²) in [5.41, 5.74) is 0. The molecule has 0 bridgehead atoms. The lowest BCUT2D eigenvalue weighted by molar-refractivity contribution is -0.143. The highest BCUT2D eigenvalue weighted by molar-refractivity contribution is 5.69. The molecule has 0 unspecified atom stereocenters. The quantitative estimate of drug-likeness (QED) is 0.630. The van der Waals surface area contributed by atoms with Gasteiger partial charge < -0.3 is 9.47 Å². The van der Waals surface area contributed by atoms with Gasteiger partial charge in [-0.05, 0) is 18.8 Å². The molecule has 1 rings (SSSR count). The third-order valence-corrected chi connectivity index (χ3v) is 2.80. The number of methoxy groups -OCH3 is 2. The molecule has 0 N–H and O–H groups in total. The minimum Gasteiger partial charge on any atom is -0.469 e. The second kappa shape index (κ2) is 5.22. The first kappa shape index (κ1) is 10.5. The van der Waals surface area contributed by atoms with Gasteiger partial charge in [0, 0.05) is 7.11 Å². The summed E-state index contributed by atoms with van der Waals surface area (Å²) in [6.07, 6.45) is 5.37. The molecule has 0 saturated heterocycles. The molecule has 76 valence electrons. The molecule has 0 aromatic rings. The van der Waals surface area contributed by atoms with Gasteiger partial charge >= 0.3 is 5.97 Å². The van der Waals surface area contributed by atoms with E-state index < -0.39 is 0 Å². The Balaban J connectivity index is 2.40. The van der Waals surface area contributed by atoms with E-state index in [0.29, 0.717) is 12.3 Å². The van der Waals surface area contributed by atoms with Crippen LogP contribution in [0.15, 0.2) is 0 Å². The molecule has 1 saturated carbocycles. The maximum absolute atomic E-state index is 11.1. The van der Waals surface area contributed by atoms with Crippen LogP contribution >= 0.6 is 0 Å². The van der Waals surface area contributed by atoms with Crippen LogP contribution in [0.4, 0.5) is 0 Å². The van der Waals surface area contributed by atoms with Crippen molar-refractivity contribution in [2.45, 2.75) is 38.2 Å². The summed E-state index contributed by atoms with van der Waals surface area (Å²) in [5, 5.41) is 0. The molecule has 0 aromatic carbocycles. The fraction of sp³-hybridized carbons (Fsp3) is 0.900. The zero-order chi connectivity index (χ0) is 9.68. The van der Waals surface area contributed by atoms with Gasteiger partial charge in [-0.25, -0.2) is 0 Å². The Morgan fingerprint density at radius 2 is 2.00 bits per heavy atom. The summed E-state index contributed by atoms with van der Waals surface area (Å²) in [7, 11) is 3.16. The van der Waals surface area contributed by atoms with Crippen molar-refractivity contribution in [3.05, 3.63) is 0 Å². The number of esters is 1. The summed E-state index contributed by atoms with van der Waals surface area (Å²) < 4.78 is 9.99. The number of carbonyl (C=O) groups is 1. The summed E-state index contributed by atoms with van der Waals surface area (Å²) in [6, 6.07) is 0. The van der Waals surface area contributed by atoms with Crippen LogP contribution in [0.2, 0.25) is 0 Å². The Hall–Kier alpha value is -0.570. The zero-order valence-electron chi connectivity index (χ0n) is 8.41. The van der Waals surface area contributed by atoms with Gasteiger partial charge in [-0.1, -0.05) is 12.8 Å². The van der Waals surface area contributed by atoms with Crippen molar-refractivity contribution in [1.29, 1.82) is 0 Å². The van der Waals surface area contributed by atoms with E-state index in [9.17, 15) is 4.79 Å². The summed E-state index contributed by atoms with van der Waals surface area (Å²) in [5.74, 6) is 0.250. The first-order chi connectivity index (χ1) is 6.27. The topological polar surface area (TPSA) is 35.5 Å². The smallest absolute Gasteiger partial charge is 0.305 e. The van der Waals surface area contributed by atoms with Crippen molar-refractivity contribution in [3.8, 4) is 0 Å². The third-order valence-electron chi connectivity index (χ3n) is 2.80. The average molecular weight is 186 g/mol. The summed E-state index contributed by atoms with van der Waals surface area (Å²) in [4.78, 5) is 11.1. The molecule has 0 aliphatic heterocycles. The molecule has 2 atom stereocenters. The van der Waals surface area contributed by atoms with Gasteiger partial charge in [0.25, 0.3) is 0 Å². The van der Waals surface area contributed by atoms with E-state index in [-0.39, 0.29) is 12.1 Å². The Morgan fingerprint density at radius 3 is 2.62 bits per heavy atom. The van der Waals surface area contributed by atoms with Crippen molar-refractivity contribution >= 4 is 5.97 Å². The van der Waals surface area contributed by atoms with Gasteiger partial charge in [-0.3, -0.25) is 4.79 Å². The Kier molecular flexibility index (Phi) is 4.22. The molecule has 1 aliphatic carbocycles. The lowest BCUT2D eigenvalue weighted by atomic mass is 9.84. The molecule has 1 aliphatic rings. The van der Waals surface area contributed by atoms with E-state index in [1.807, 2.05) is 0 Å². The van der Waals surface area contributed by atoms with Crippen LogP contribution in [-0.2, 0) is 14.3 Å². The second-order valence-electron chi connectivity index (χ2n) is 3.60. The second-order valence-corrected chi connectivity index (χ2v) is 3.60. The van der Waals surface area contributed by atoms with E-state index in [1.165, 1.54) is 20.0 Å². The number of hydrogen-bond acceptors (Lipinski definition) is 3. The van der Waals surface area contributed by atoms with E-state index in [0.717, 1.165) is 12.8 Å². The first-order valence-corrected chi connectivity index (χ1v) is 4.87. The molecule has 0 heterocycles. The standard InChI is InChI=1S/C10H18O3/c1-12-9-6-4-3-5-8(9)7-10(11)13-2/h8-9H,3-7H2,1-2H3/t8-,9+/m1/s1. The maximum Gasteiger partial charge on any atom is 0.305 e. The molecule has 0 spiro atoms. The molecule has 13 heavy (non-hydrogen) atoms. The summed E-state index contributed by atoms with van der Waals surface area (Å²) >= 11 is 0. The van der Waals surface area contributed by atoms with Crippen molar-refractivity contribution in [3.63, 3.8) is 0 Å². The van der Waals surface area contributed by atoms with Crippen LogP contribution in [-0.4, -0.2) is 26.3 Å². The number of rotatable bonds is 3. The van der Waals surface area contributed by atoms with Crippen molar-refractivity contribution in [2.24, 2.45) is 5.92 Å². The molecule has 0 amide bonds. The van der Waals surface area contributed by atoms with Gasteiger partial charge in [-0.15, -0.1) is 0 Å². The maximum atomic E-state index is 11.1. The normalized spacial score (nSPS) is 28.5. The van der Waals surface area contributed by atoms with E-state index in [4.69, 9.17) is 4.74 Å². The Labute approximate surface area is 79.4 Å². The van der Waals surface area contributed by atoms with Gasteiger partial charge in [0.05, 0.1) is 19.6 Å². The highest BCUT2D eigenvalue weighted by atomic mass is 16.5. The van der Waals surface area contributed by atoms with Crippen LogP contribution in [0.1, 0.15) is 32.1 Å². The molecule has 0 radical (unpaired) electrons. The fourth-order valence-electron chi connectivity index (χ4n) is 2.01. The van der Waals surface area contributed by atoms with Gasteiger partial charge in [0.15, 0.2) is 0 Å². The molecule has 3 heteroatoms. The third kappa shape index (κ3) is 2.99. The summed E-state index contributed by atoms with van der Waals surface area (Å²) in [6.45, 7) is 0. The van der Waals surface area contributed by atoms with E-state index in [1.54, 1.807) is 7.11 Å². The Morgan fingerprint density at radius 1 is 1.31 bits per heavy atom. The lowest BCUT2D eigenvalue weighted by Crippen LogP contribution is -2.28. The molecule has 3 nitrogen and oxygen atoms in total. The highest BCUT2D eigenvalue weighted by Crippen LogP contribution is 2.28. The molecule has 1 fully saturated rings. The average Bonchev–Trinajstić information content (AvgIpc) is 2.18. The van der Waals surface area contributed by atoms with Gasteiger partial charge in [0.1, 0.15) is 0 Å². The predicted molar refractivity (Wildman–Crippen MR) is 49.4 cm³/mol. The minimum atomic E-state index is -0.117. The Bertz CT molecular complexity index is 168. The van der Waals surface area contributed by atoms with Gasteiger partial charge in [-0.2, -0.15) is 0 Å². The van der Waals surface area contributed by atoms with Crippen molar-refractivity contribution in [2.75, 3.05) is 14.2 Å². The highest BCUT2D eigenvalue weighted by Gasteiger charge is 2.26. The lowest BCUT2D eigenvalue weighted by Gasteiger charge is -2.29. The van der Waals surface area contributed by atoms with Crippen LogP contribution < -0.4 is 0 Å². The number of hydrogen-bond donors (Lipinski definition) is 0. The predicted octanol–water partition coefficient (Wildman–Crippen LogP) is 1.75. The van der Waals surface area contributed by atoms with Crippen LogP contribution in [0.3, 0.4) is 0 Å². The molecule has 0 aromatic heterocycles. The van der Waals surface area contributed by atoms with Crippen LogP contribution in [0.25, 0.3) is 0 Å². The fourth-order valence-corrected chi connectivity index (χ4v) is 2.01. The minimum absolute atomic E-state index is 0.117. The molecular weight excluding hydrogens is 168 g/mol. The van der Waals surface area contributed by atoms with E-state index in [2.05, 4.69) is 4.74 Å². The molecular formula is C10H18O3. The SMILES string of the molecule is COC(=O)C[C@H]1CCCC[C@@H]1OC. The first-order valence-electron chi connectivity index (χ1n) is 4.87.